The van der Waals surface area contributed by atoms with E-state index in [1.807, 2.05) is 29.2 Å². The molecule has 3 rings (SSSR count). The molecule has 1 saturated heterocycles. The highest BCUT2D eigenvalue weighted by atomic mass is 35.5. The van der Waals surface area contributed by atoms with E-state index in [1.54, 1.807) is 6.20 Å². The number of hydrogen-bond acceptors (Lipinski definition) is 4. The van der Waals surface area contributed by atoms with Gasteiger partial charge in [0.25, 0.3) is 0 Å². The Labute approximate surface area is 132 Å². The second kappa shape index (κ2) is 6.45. The number of anilines is 2. The number of halogens is 1. The maximum atomic E-state index is 12.0. The molecule has 1 aliphatic rings. The normalized spacial score (nSPS) is 15.3. The standard InChI is InChI=1S/C15H16ClN3OS/c16-15-18-10-13(21-15)9-17-11-4-3-5-12(8-11)19-7-2-1-6-14(19)20/h3-5,8,10,17H,1-2,6-7,9H2. The van der Waals surface area contributed by atoms with Gasteiger partial charge in [0, 0.05) is 35.4 Å². The van der Waals surface area contributed by atoms with Crippen LogP contribution in [-0.2, 0) is 11.3 Å². The topological polar surface area (TPSA) is 45.2 Å². The van der Waals surface area contributed by atoms with Crippen molar-refractivity contribution < 1.29 is 4.79 Å². The first-order valence-electron chi connectivity index (χ1n) is 6.97. The molecule has 0 bridgehead atoms. The van der Waals surface area contributed by atoms with Crippen LogP contribution in [0.5, 0.6) is 0 Å². The van der Waals surface area contributed by atoms with Crippen LogP contribution in [0.1, 0.15) is 24.1 Å². The Morgan fingerprint density at radius 3 is 3.05 bits per heavy atom. The molecular formula is C15H16ClN3OS. The molecule has 0 saturated carbocycles. The Kier molecular flexibility index (Phi) is 4.41. The summed E-state index contributed by atoms with van der Waals surface area (Å²) in [5, 5.41) is 3.34. The van der Waals surface area contributed by atoms with Crippen LogP contribution in [0.25, 0.3) is 0 Å². The predicted molar refractivity (Wildman–Crippen MR) is 87.1 cm³/mol. The maximum Gasteiger partial charge on any atom is 0.226 e. The van der Waals surface area contributed by atoms with Gasteiger partial charge in [-0.3, -0.25) is 4.79 Å². The zero-order valence-electron chi connectivity index (χ0n) is 11.5. The van der Waals surface area contributed by atoms with Crippen LogP contribution in [-0.4, -0.2) is 17.4 Å². The van der Waals surface area contributed by atoms with Crippen LogP contribution in [0.3, 0.4) is 0 Å². The Balaban J connectivity index is 1.69. The number of carbonyl (C=O) groups excluding carboxylic acids is 1. The molecule has 1 fully saturated rings. The number of aromatic nitrogens is 1. The van der Waals surface area contributed by atoms with Crippen molar-refractivity contribution in [3.8, 4) is 0 Å². The highest BCUT2D eigenvalue weighted by molar-refractivity contribution is 7.15. The Bertz CT molecular complexity index is 643. The summed E-state index contributed by atoms with van der Waals surface area (Å²) < 4.78 is 0.555. The highest BCUT2D eigenvalue weighted by Gasteiger charge is 2.19. The van der Waals surface area contributed by atoms with Gasteiger partial charge in [-0.15, -0.1) is 11.3 Å². The van der Waals surface area contributed by atoms with E-state index in [0.717, 1.165) is 35.6 Å². The summed E-state index contributed by atoms with van der Waals surface area (Å²) in [6.45, 7) is 1.49. The minimum atomic E-state index is 0.215. The van der Waals surface area contributed by atoms with Crippen LogP contribution in [0.4, 0.5) is 11.4 Å². The van der Waals surface area contributed by atoms with Crippen LogP contribution in [0.2, 0.25) is 4.47 Å². The van der Waals surface area contributed by atoms with E-state index in [2.05, 4.69) is 10.3 Å². The molecule has 4 nitrogen and oxygen atoms in total. The molecule has 110 valence electrons. The Morgan fingerprint density at radius 2 is 2.29 bits per heavy atom. The van der Waals surface area contributed by atoms with Crippen molar-refractivity contribution in [1.29, 1.82) is 0 Å². The van der Waals surface area contributed by atoms with Crippen LogP contribution >= 0.6 is 22.9 Å². The number of carbonyl (C=O) groups is 1. The lowest BCUT2D eigenvalue weighted by Gasteiger charge is -2.27. The molecule has 2 heterocycles. The Hall–Kier alpha value is -1.59. The molecule has 0 spiro atoms. The van der Waals surface area contributed by atoms with Gasteiger partial charge in [0.2, 0.25) is 5.91 Å². The third kappa shape index (κ3) is 3.54. The van der Waals surface area contributed by atoms with Crippen molar-refractivity contribution in [1.82, 2.24) is 4.98 Å². The Morgan fingerprint density at radius 1 is 1.38 bits per heavy atom. The molecule has 0 aliphatic carbocycles. The zero-order chi connectivity index (χ0) is 14.7. The summed E-state index contributed by atoms with van der Waals surface area (Å²) in [5.74, 6) is 0.215. The van der Waals surface area contributed by atoms with Gasteiger partial charge >= 0.3 is 0 Å². The monoisotopic (exact) mass is 321 g/mol. The van der Waals surface area contributed by atoms with E-state index in [0.29, 0.717) is 17.4 Å². The SMILES string of the molecule is O=C1CCCCN1c1cccc(NCc2cnc(Cl)s2)c1. The number of piperidine rings is 1. The minimum Gasteiger partial charge on any atom is -0.380 e. The van der Waals surface area contributed by atoms with Gasteiger partial charge < -0.3 is 10.2 Å². The largest absolute Gasteiger partial charge is 0.380 e. The maximum absolute atomic E-state index is 12.0. The van der Waals surface area contributed by atoms with Crippen LogP contribution in [0.15, 0.2) is 30.5 Å². The van der Waals surface area contributed by atoms with Crippen molar-refractivity contribution in [2.24, 2.45) is 0 Å². The molecule has 0 radical (unpaired) electrons. The van der Waals surface area contributed by atoms with Crippen molar-refractivity contribution in [2.45, 2.75) is 25.8 Å². The minimum absolute atomic E-state index is 0.215. The van der Waals surface area contributed by atoms with E-state index in [4.69, 9.17) is 11.6 Å². The number of nitrogens with zero attached hydrogens (tertiary/aromatic N) is 2. The molecule has 6 heteroatoms. The molecule has 0 unspecified atom stereocenters. The molecule has 21 heavy (non-hydrogen) atoms. The average molecular weight is 322 g/mol. The van der Waals surface area contributed by atoms with Gasteiger partial charge in [0.05, 0.1) is 6.54 Å². The summed E-state index contributed by atoms with van der Waals surface area (Å²) in [6, 6.07) is 7.98. The van der Waals surface area contributed by atoms with E-state index in [1.165, 1.54) is 11.3 Å². The van der Waals surface area contributed by atoms with Gasteiger partial charge in [-0.1, -0.05) is 17.7 Å². The third-order valence-electron chi connectivity index (χ3n) is 3.47. The number of benzene rings is 1. The summed E-state index contributed by atoms with van der Waals surface area (Å²) in [7, 11) is 0. The average Bonchev–Trinajstić information content (AvgIpc) is 2.92. The fourth-order valence-corrected chi connectivity index (χ4v) is 3.33. The first kappa shape index (κ1) is 14.4. The first-order valence-corrected chi connectivity index (χ1v) is 8.16. The molecular weight excluding hydrogens is 306 g/mol. The van der Waals surface area contributed by atoms with Gasteiger partial charge in [0.15, 0.2) is 4.47 Å². The second-order valence-electron chi connectivity index (χ2n) is 4.99. The fourth-order valence-electron chi connectivity index (χ4n) is 2.42. The lowest BCUT2D eigenvalue weighted by Crippen LogP contribution is -2.35. The number of thiazole rings is 1. The van der Waals surface area contributed by atoms with Crippen molar-refractivity contribution in [2.75, 3.05) is 16.8 Å². The first-order chi connectivity index (χ1) is 10.2. The predicted octanol–water partition coefficient (Wildman–Crippen LogP) is 3.93. The van der Waals surface area contributed by atoms with Gasteiger partial charge in [-0.25, -0.2) is 4.98 Å². The quantitative estimate of drug-likeness (QED) is 0.928. The number of amides is 1. The van der Waals surface area contributed by atoms with Crippen molar-refractivity contribution in [3.63, 3.8) is 0 Å². The third-order valence-corrected chi connectivity index (χ3v) is 4.59. The van der Waals surface area contributed by atoms with E-state index < -0.39 is 0 Å². The lowest BCUT2D eigenvalue weighted by atomic mass is 10.1. The second-order valence-corrected chi connectivity index (χ2v) is 6.68. The summed E-state index contributed by atoms with van der Waals surface area (Å²) in [6.07, 6.45) is 4.50. The summed E-state index contributed by atoms with van der Waals surface area (Å²) in [4.78, 5) is 18.9. The van der Waals surface area contributed by atoms with E-state index in [9.17, 15) is 4.79 Å². The smallest absolute Gasteiger partial charge is 0.226 e. The van der Waals surface area contributed by atoms with E-state index >= 15 is 0 Å². The molecule has 1 aromatic carbocycles. The number of rotatable bonds is 4. The number of nitrogens with one attached hydrogen (secondary N) is 1. The molecule has 0 atom stereocenters. The molecule has 2 aromatic rings. The van der Waals surface area contributed by atoms with Crippen LogP contribution in [0, 0.1) is 0 Å². The van der Waals surface area contributed by atoms with Gasteiger partial charge in [-0.2, -0.15) is 0 Å². The molecule has 1 aliphatic heterocycles. The van der Waals surface area contributed by atoms with Crippen molar-refractivity contribution in [3.05, 3.63) is 39.8 Å². The zero-order valence-corrected chi connectivity index (χ0v) is 13.1. The van der Waals surface area contributed by atoms with E-state index in [-0.39, 0.29) is 5.91 Å². The van der Waals surface area contributed by atoms with Crippen molar-refractivity contribution >= 4 is 40.2 Å². The molecule has 1 N–H and O–H groups in total. The van der Waals surface area contributed by atoms with Gasteiger partial charge in [0.1, 0.15) is 0 Å². The number of hydrogen-bond donors (Lipinski definition) is 1. The van der Waals surface area contributed by atoms with Crippen LogP contribution < -0.4 is 10.2 Å². The lowest BCUT2D eigenvalue weighted by molar-refractivity contribution is -0.119. The van der Waals surface area contributed by atoms with Gasteiger partial charge in [-0.05, 0) is 31.0 Å². The highest BCUT2D eigenvalue weighted by Crippen LogP contribution is 2.25. The molecule has 1 amide bonds. The summed E-state index contributed by atoms with van der Waals surface area (Å²) >= 11 is 7.29. The fraction of sp³-hybridized carbons (Fsp3) is 0.333. The molecule has 1 aromatic heterocycles. The summed E-state index contributed by atoms with van der Waals surface area (Å²) in [5.41, 5.74) is 1.96.